The topological polar surface area (TPSA) is 49.0 Å². The van der Waals surface area contributed by atoms with Crippen LogP contribution in [0, 0.1) is 0 Å². The highest BCUT2D eigenvalue weighted by Gasteiger charge is 2.34. The quantitative estimate of drug-likeness (QED) is 0.653. The second kappa shape index (κ2) is 6.40. The summed E-state index contributed by atoms with van der Waals surface area (Å²) in [7, 11) is 6.58. The van der Waals surface area contributed by atoms with E-state index in [1.165, 1.54) is 0 Å². The van der Waals surface area contributed by atoms with Crippen LogP contribution in [0.5, 0.6) is 0 Å². The third-order valence-corrected chi connectivity index (χ3v) is 2.80. The summed E-state index contributed by atoms with van der Waals surface area (Å²) in [4.78, 5) is 0. The van der Waals surface area contributed by atoms with E-state index in [0.717, 1.165) is 12.8 Å². The molecular formula is C10H21NO4. The first-order valence-corrected chi connectivity index (χ1v) is 5.14. The van der Waals surface area contributed by atoms with Gasteiger partial charge >= 0.3 is 0 Å². The van der Waals surface area contributed by atoms with Crippen molar-refractivity contribution in [3.8, 4) is 0 Å². The zero-order valence-electron chi connectivity index (χ0n) is 9.86. The summed E-state index contributed by atoms with van der Waals surface area (Å²) >= 11 is 0. The smallest absolute Gasteiger partial charge is 0.171 e. The van der Waals surface area contributed by atoms with Gasteiger partial charge in [-0.25, -0.2) is 0 Å². The maximum absolute atomic E-state index is 5.21. The molecule has 0 radical (unpaired) electrons. The first-order chi connectivity index (χ1) is 7.26. The molecule has 0 aromatic carbocycles. The zero-order chi connectivity index (χ0) is 11.3. The average Bonchev–Trinajstić information content (AvgIpc) is 2.71. The van der Waals surface area contributed by atoms with Crippen LogP contribution in [0.3, 0.4) is 0 Å². The predicted molar refractivity (Wildman–Crippen MR) is 55.6 cm³/mol. The highest BCUT2D eigenvalue weighted by atomic mass is 16.7. The van der Waals surface area contributed by atoms with Gasteiger partial charge in [-0.1, -0.05) is 0 Å². The molecule has 0 aromatic rings. The minimum Gasteiger partial charge on any atom is -0.354 e. The van der Waals surface area contributed by atoms with Gasteiger partial charge in [0.25, 0.3) is 0 Å². The van der Waals surface area contributed by atoms with E-state index >= 15 is 0 Å². The van der Waals surface area contributed by atoms with E-state index in [4.69, 9.17) is 18.9 Å². The van der Waals surface area contributed by atoms with E-state index in [-0.39, 0.29) is 24.7 Å². The molecular weight excluding hydrogens is 198 g/mol. The third-order valence-electron chi connectivity index (χ3n) is 2.80. The Labute approximate surface area is 91.0 Å². The van der Waals surface area contributed by atoms with Gasteiger partial charge in [0, 0.05) is 28.4 Å². The van der Waals surface area contributed by atoms with Crippen LogP contribution in [0.1, 0.15) is 12.8 Å². The number of hydrogen-bond donors (Lipinski definition) is 1. The van der Waals surface area contributed by atoms with Crippen LogP contribution in [0.4, 0.5) is 0 Å². The van der Waals surface area contributed by atoms with Crippen LogP contribution in [-0.2, 0) is 18.9 Å². The SMILES string of the molecule is COC(OC)[C@@H]1CC[C@@H](C(OC)OC)N1. The molecule has 1 saturated heterocycles. The summed E-state index contributed by atoms with van der Waals surface area (Å²) in [5.41, 5.74) is 0. The highest BCUT2D eigenvalue weighted by Crippen LogP contribution is 2.20. The molecule has 1 fully saturated rings. The van der Waals surface area contributed by atoms with Gasteiger partial charge in [0.2, 0.25) is 0 Å². The van der Waals surface area contributed by atoms with E-state index in [0.29, 0.717) is 0 Å². The lowest BCUT2D eigenvalue weighted by molar-refractivity contribution is -0.135. The Morgan fingerprint density at radius 2 is 1.13 bits per heavy atom. The molecule has 0 spiro atoms. The van der Waals surface area contributed by atoms with Crippen LogP contribution in [0.2, 0.25) is 0 Å². The summed E-state index contributed by atoms with van der Waals surface area (Å²) in [5, 5.41) is 3.39. The molecule has 0 aromatic heterocycles. The van der Waals surface area contributed by atoms with Gasteiger partial charge < -0.3 is 24.3 Å². The molecule has 90 valence electrons. The first-order valence-electron chi connectivity index (χ1n) is 5.14. The van der Waals surface area contributed by atoms with Gasteiger partial charge in [-0.05, 0) is 12.8 Å². The molecule has 0 amide bonds. The second-order valence-corrected chi connectivity index (χ2v) is 3.64. The molecule has 0 unspecified atom stereocenters. The van der Waals surface area contributed by atoms with Crippen LogP contribution < -0.4 is 5.32 Å². The second-order valence-electron chi connectivity index (χ2n) is 3.64. The maximum Gasteiger partial charge on any atom is 0.171 e. The van der Waals surface area contributed by atoms with Gasteiger partial charge in [-0.2, -0.15) is 0 Å². The molecule has 2 atom stereocenters. The standard InChI is InChI=1S/C10H21NO4/c1-12-9(13-2)7-5-6-8(11-7)10(14-3)15-4/h7-11H,5-6H2,1-4H3/t7-,8-/m0/s1. The maximum atomic E-state index is 5.21. The van der Waals surface area contributed by atoms with Crippen LogP contribution in [0.25, 0.3) is 0 Å². The number of methoxy groups -OCH3 is 4. The van der Waals surface area contributed by atoms with Gasteiger partial charge in [0.15, 0.2) is 12.6 Å². The molecule has 0 bridgehead atoms. The molecule has 5 nitrogen and oxygen atoms in total. The molecule has 1 rings (SSSR count). The van der Waals surface area contributed by atoms with Crippen LogP contribution in [0.15, 0.2) is 0 Å². The fourth-order valence-electron chi connectivity index (χ4n) is 2.08. The lowest BCUT2D eigenvalue weighted by Crippen LogP contribution is -2.45. The van der Waals surface area contributed by atoms with Crippen LogP contribution in [-0.4, -0.2) is 53.1 Å². The Kier molecular flexibility index (Phi) is 5.49. The number of rotatable bonds is 6. The highest BCUT2D eigenvalue weighted by molar-refractivity contribution is 4.87. The van der Waals surface area contributed by atoms with E-state index in [1.807, 2.05) is 0 Å². The van der Waals surface area contributed by atoms with Crippen molar-refractivity contribution in [2.75, 3.05) is 28.4 Å². The molecule has 1 aliphatic rings. The molecule has 15 heavy (non-hydrogen) atoms. The van der Waals surface area contributed by atoms with Crippen molar-refractivity contribution in [2.45, 2.75) is 37.5 Å². The van der Waals surface area contributed by atoms with Crippen molar-refractivity contribution in [1.82, 2.24) is 5.32 Å². The number of ether oxygens (including phenoxy) is 4. The van der Waals surface area contributed by atoms with Gasteiger partial charge in [-0.15, -0.1) is 0 Å². The fourth-order valence-corrected chi connectivity index (χ4v) is 2.08. The van der Waals surface area contributed by atoms with Crippen molar-refractivity contribution in [2.24, 2.45) is 0 Å². The van der Waals surface area contributed by atoms with Crippen molar-refractivity contribution in [3.05, 3.63) is 0 Å². The van der Waals surface area contributed by atoms with Crippen molar-refractivity contribution >= 4 is 0 Å². The van der Waals surface area contributed by atoms with Gasteiger partial charge in [0.1, 0.15) is 0 Å². The molecule has 1 N–H and O–H groups in total. The van der Waals surface area contributed by atoms with E-state index in [2.05, 4.69) is 5.32 Å². The summed E-state index contributed by atoms with van der Waals surface area (Å²) in [6.45, 7) is 0. The molecule has 1 heterocycles. The Bertz CT molecular complexity index is 153. The summed E-state index contributed by atoms with van der Waals surface area (Å²) < 4.78 is 20.8. The lowest BCUT2D eigenvalue weighted by atomic mass is 10.2. The van der Waals surface area contributed by atoms with E-state index < -0.39 is 0 Å². The predicted octanol–water partition coefficient (Wildman–Crippen LogP) is 0.345. The minimum atomic E-state index is -0.204. The molecule has 0 aliphatic carbocycles. The Morgan fingerprint density at radius 1 is 0.800 bits per heavy atom. The molecule has 0 saturated carbocycles. The Hall–Kier alpha value is -0.200. The van der Waals surface area contributed by atoms with Gasteiger partial charge in [0.05, 0.1) is 12.1 Å². The van der Waals surface area contributed by atoms with Crippen molar-refractivity contribution in [3.63, 3.8) is 0 Å². The molecule has 1 aliphatic heterocycles. The number of hydrogen-bond acceptors (Lipinski definition) is 5. The average molecular weight is 219 g/mol. The van der Waals surface area contributed by atoms with Crippen molar-refractivity contribution in [1.29, 1.82) is 0 Å². The van der Waals surface area contributed by atoms with Crippen LogP contribution >= 0.6 is 0 Å². The summed E-state index contributed by atoms with van der Waals surface area (Å²) in [6, 6.07) is 0.413. The third kappa shape index (κ3) is 3.12. The van der Waals surface area contributed by atoms with E-state index in [9.17, 15) is 0 Å². The Balaban J connectivity index is 2.43. The fraction of sp³-hybridized carbons (Fsp3) is 1.00. The normalized spacial score (nSPS) is 26.8. The Morgan fingerprint density at radius 3 is 1.40 bits per heavy atom. The largest absolute Gasteiger partial charge is 0.354 e. The summed E-state index contributed by atoms with van der Waals surface area (Å²) in [5.74, 6) is 0. The first kappa shape index (κ1) is 12.9. The molecule has 5 heteroatoms. The van der Waals surface area contributed by atoms with Crippen molar-refractivity contribution < 1.29 is 18.9 Å². The van der Waals surface area contributed by atoms with Gasteiger partial charge in [-0.3, -0.25) is 0 Å². The van der Waals surface area contributed by atoms with E-state index in [1.54, 1.807) is 28.4 Å². The number of nitrogens with one attached hydrogen (secondary N) is 1. The lowest BCUT2D eigenvalue weighted by Gasteiger charge is -2.24. The monoisotopic (exact) mass is 219 g/mol. The zero-order valence-corrected chi connectivity index (χ0v) is 9.86. The minimum absolute atomic E-state index is 0.204. The summed E-state index contributed by atoms with van der Waals surface area (Å²) in [6.07, 6.45) is 1.59.